The maximum Gasteiger partial charge on any atom is 0.0101 e. The quantitative estimate of drug-likeness (QED) is 0.844. The number of rotatable bonds is 3. The van der Waals surface area contributed by atoms with Gasteiger partial charge in [0.1, 0.15) is 0 Å². The van der Waals surface area contributed by atoms with Gasteiger partial charge in [0.05, 0.1) is 0 Å². The van der Waals surface area contributed by atoms with Crippen molar-refractivity contribution in [3.63, 3.8) is 0 Å². The Balaban J connectivity index is 1.54. The molecular weight excluding hydrogens is 244 g/mol. The molecule has 0 bridgehead atoms. The summed E-state index contributed by atoms with van der Waals surface area (Å²) < 4.78 is 0. The third kappa shape index (κ3) is 3.76. The molecule has 1 saturated heterocycles. The highest BCUT2D eigenvalue weighted by Gasteiger charge is 2.33. The van der Waals surface area contributed by atoms with Gasteiger partial charge in [-0.3, -0.25) is 0 Å². The minimum Gasteiger partial charge on any atom is -0.311 e. The highest BCUT2D eigenvalue weighted by atomic mass is 15.1. The molecule has 20 heavy (non-hydrogen) atoms. The predicted molar refractivity (Wildman–Crippen MR) is 86.0 cm³/mol. The fourth-order valence-corrected chi connectivity index (χ4v) is 4.97. The lowest BCUT2D eigenvalue weighted by molar-refractivity contribution is 0.127. The third-order valence-corrected chi connectivity index (χ3v) is 6.24. The topological polar surface area (TPSA) is 15.3 Å². The van der Waals surface area contributed by atoms with Crippen molar-refractivity contribution in [1.29, 1.82) is 0 Å². The van der Waals surface area contributed by atoms with Gasteiger partial charge < -0.3 is 10.2 Å². The van der Waals surface area contributed by atoms with E-state index in [9.17, 15) is 0 Å². The van der Waals surface area contributed by atoms with Crippen LogP contribution in [0.1, 0.15) is 70.6 Å². The van der Waals surface area contributed by atoms with Crippen LogP contribution < -0.4 is 5.32 Å². The highest BCUT2D eigenvalue weighted by Crippen LogP contribution is 2.38. The van der Waals surface area contributed by atoms with Crippen molar-refractivity contribution in [3.8, 4) is 0 Å². The minimum atomic E-state index is 0.806. The third-order valence-electron chi connectivity index (χ3n) is 6.24. The molecule has 3 aliphatic rings. The summed E-state index contributed by atoms with van der Waals surface area (Å²) in [4.78, 5) is 2.48. The van der Waals surface area contributed by atoms with E-state index in [4.69, 9.17) is 0 Å². The monoisotopic (exact) mass is 278 g/mol. The summed E-state index contributed by atoms with van der Waals surface area (Å²) in [6.45, 7) is 2.58. The van der Waals surface area contributed by atoms with E-state index >= 15 is 0 Å². The molecule has 2 aliphatic carbocycles. The van der Waals surface area contributed by atoms with Crippen LogP contribution in [0, 0.1) is 11.8 Å². The number of nitrogens with one attached hydrogen (secondary N) is 1. The molecule has 0 aromatic heterocycles. The molecule has 0 radical (unpaired) electrons. The van der Waals surface area contributed by atoms with E-state index in [1.807, 2.05) is 0 Å². The van der Waals surface area contributed by atoms with Gasteiger partial charge in [-0.1, -0.05) is 44.9 Å². The van der Waals surface area contributed by atoms with Crippen molar-refractivity contribution in [3.05, 3.63) is 0 Å². The SMILES string of the molecule is CN1CCC(NC2CCCCC2C2CCCCC2)CC1. The number of piperidine rings is 1. The predicted octanol–water partition coefficient (Wildman–Crippen LogP) is 3.81. The summed E-state index contributed by atoms with van der Waals surface area (Å²) in [7, 11) is 2.27. The van der Waals surface area contributed by atoms with E-state index in [0.29, 0.717) is 0 Å². The number of hydrogen-bond acceptors (Lipinski definition) is 2. The Kier molecular flexibility index (Phi) is 5.39. The van der Waals surface area contributed by atoms with Gasteiger partial charge in [-0.2, -0.15) is 0 Å². The van der Waals surface area contributed by atoms with Crippen LogP contribution in [0.25, 0.3) is 0 Å². The first-order chi connectivity index (χ1) is 9.83. The van der Waals surface area contributed by atoms with E-state index < -0.39 is 0 Å². The van der Waals surface area contributed by atoms with E-state index in [1.54, 1.807) is 0 Å². The van der Waals surface area contributed by atoms with Crippen LogP contribution >= 0.6 is 0 Å². The number of hydrogen-bond donors (Lipinski definition) is 1. The Morgan fingerprint density at radius 1 is 0.750 bits per heavy atom. The van der Waals surface area contributed by atoms with Gasteiger partial charge in [0.25, 0.3) is 0 Å². The molecule has 2 atom stereocenters. The van der Waals surface area contributed by atoms with Crippen molar-refractivity contribution in [1.82, 2.24) is 10.2 Å². The second-order valence-corrected chi connectivity index (χ2v) is 7.70. The van der Waals surface area contributed by atoms with Gasteiger partial charge in [-0.25, -0.2) is 0 Å². The van der Waals surface area contributed by atoms with Crippen molar-refractivity contribution in [2.24, 2.45) is 11.8 Å². The van der Waals surface area contributed by atoms with Crippen molar-refractivity contribution < 1.29 is 0 Å². The summed E-state index contributed by atoms with van der Waals surface area (Å²) >= 11 is 0. The van der Waals surface area contributed by atoms with Crippen molar-refractivity contribution in [2.75, 3.05) is 20.1 Å². The molecule has 1 heterocycles. The minimum absolute atomic E-state index is 0.806. The van der Waals surface area contributed by atoms with Crippen LogP contribution in [-0.2, 0) is 0 Å². The number of nitrogens with zero attached hydrogens (tertiary/aromatic N) is 1. The fraction of sp³-hybridized carbons (Fsp3) is 1.00. The summed E-state index contributed by atoms with van der Waals surface area (Å²) in [6, 6.07) is 1.65. The molecular formula is C18H34N2. The Labute approximate surface area is 125 Å². The standard InChI is InChI=1S/C18H34N2/c1-20-13-11-16(12-14-20)19-18-10-6-5-9-17(18)15-7-3-2-4-8-15/h15-19H,2-14H2,1H3. The normalized spacial score (nSPS) is 35.2. The summed E-state index contributed by atoms with van der Waals surface area (Å²) in [5, 5.41) is 4.10. The van der Waals surface area contributed by atoms with Crippen LogP contribution in [0.4, 0.5) is 0 Å². The molecule has 2 unspecified atom stereocenters. The van der Waals surface area contributed by atoms with E-state index in [-0.39, 0.29) is 0 Å². The first kappa shape index (κ1) is 14.8. The average Bonchev–Trinajstić information content (AvgIpc) is 2.51. The molecule has 3 rings (SSSR count). The van der Waals surface area contributed by atoms with Crippen LogP contribution in [0.15, 0.2) is 0 Å². The van der Waals surface area contributed by atoms with Crippen molar-refractivity contribution >= 4 is 0 Å². The zero-order valence-corrected chi connectivity index (χ0v) is 13.4. The van der Waals surface area contributed by atoms with Gasteiger partial charge in [-0.15, -0.1) is 0 Å². The van der Waals surface area contributed by atoms with E-state index in [0.717, 1.165) is 23.9 Å². The van der Waals surface area contributed by atoms with Crippen LogP contribution in [0.5, 0.6) is 0 Å². The molecule has 0 amide bonds. The molecule has 0 aromatic carbocycles. The van der Waals surface area contributed by atoms with Gasteiger partial charge in [0.15, 0.2) is 0 Å². The second-order valence-electron chi connectivity index (χ2n) is 7.70. The maximum atomic E-state index is 4.10. The maximum absolute atomic E-state index is 4.10. The largest absolute Gasteiger partial charge is 0.311 e. The van der Waals surface area contributed by atoms with Gasteiger partial charge in [0, 0.05) is 12.1 Å². The lowest BCUT2D eigenvalue weighted by Crippen LogP contribution is -2.50. The zero-order valence-electron chi connectivity index (χ0n) is 13.4. The molecule has 0 spiro atoms. The molecule has 2 saturated carbocycles. The Morgan fingerprint density at radius 2 is 1.40 bits per heavy atom. The van der Waals surface area contributed by atoms with E-state index in [1.165, 1.54) is 83.7 Å². The van der Waals surface area contributed by atoms with Crippen LogP contribution in [-0.4, -0.2) is 37.1 Å². The highest BCUT2D eigenvalue weighted by molar-refractivity contribution is 4.89. The Bertz CT molecular complexity index is 277. The molecule has 1 aliphatic heterocycles. The molecule has 3 fully saturated rings. The summed E-state index contributed by atoms with van der Waals surface area (Å²) in [6.07, 6.45) is 16.2. The summed E-state index contributed by atoms with van der Waals surface area (Å²) in [5.41, 5.74) is 0. The van der Waals surface area contributed by atoms with Gasteiger partial charge in [-0.05, 0) is 57.7 Å². The Morgan fingerprint density at radius 3 is 2.15 bits per heavy atom. The number of likely N-dealkylation sites (tertiary alicyclic amines) is 1. The molecule has 116 valence electrons. The van der Waals surface area contributed by atoms with Crippen molar-refractivity contribution in [2.45, 2.75) is 82.7 Å². The average molecular weight is 278 g/mol. The zero-order chi connectivity index (χ0) is 13.8. The lowest BCUT2D eigenvalue weighted by Gasteiger charge is -2.42. The van der Waals surface area contributed by atoms with Crippen LogP contribution in [0.2, 0.25) is 0 Å². The molecule has 1 N–H and O–H groups in total. The Hall–Kier alpha value is -0.0800. The molecule has 2 nitrogen and oxygen atoms in total. The lowest BCUT2D eigenvalue weighted by atomic mass is 9.70. The second kappa shape index (κ2) is 7.26. The first-order valence-corrected chi connectivity index (χ1v) is 9.27. The van der Waals surface area contributed by atoms with Gasteiger partial charge in [0.2, 0.25) is 0 Å². The molecule has 0 aromatic rings. The first-order valence-electron chi connectivity index (χ1n) is 9.27. The van der Waals surface area contributed by atoms with E-state index in [2.05, 4.69) is 17.3 Å². The molecule has 2 heteroatoms. The smallest absolute Gasteiger partial charge is 0.0101 e. The van der Waals surface area contributed by atoms with Gasteiger partial charge >= 0.3 is 0 Å². The fourth-order valence-electron chi connectivity index (χ4n) is 4.97. The summed E-state index contributed by atoms with van der Waals surface area (Å²) in [5.74, 6) is 2.05. The van der Waals surface area contributed by atoms with Crippen LogP contribution in [0.3, 0.4) is 0 Å².